The van der Waals surface area contributed by atoms with E-state index in [9.17, 15) is 9.59 Å². The summed E-state index contributed by atoms with van der Waals surface area (Å²) in [6.07, 6.45) is 0.740. The number of halogens is 1. The van der Waals surface area contributed by atoms with Crippen LogP contribution in [0.25, 0.3) is 0 Å². The normalized spacial score (nSPS) is 12.0. The molecule has 0 aliphatic rings. The van der Waals surface area contributed by atoms with Crippen LogP contribution in [0.2, 0.25) is 5.02 Å². The predicted octanol–water partition coefficient (Wildman–Crippen LogP) is 2.64. The highest BCUT2D eigenvalue weighted by Gasteiger charge is 2.17. The molecule has 0 fully saturated rings. The van der Waals surface area contributed by atoms with Gasteiger partial charge in [-0.05, 0) is 31.4 Å². The average Bonchev–Trinajstić information content (AvgIpc) is 2.50. The zero-order valence-electron chi connectivity index (χ0n) is 13.9. The Kier molecular flexibility index (Phi) is 8.66. The Morgan fingerprint density at radius 2 is 1.91 bits per heavy atom. The molecular weight excluding hydrogens is 316 g/mol. The van der Waals surface area contributed by atoms with E-state index in [0.29, 0.717) is 29.7 Å². The monoisotopic (exact) mass is 340 g/mol. The Morgan fingerprint density at radius 1 is 1.22 bits per heavy atom. The summed E-state index contributed by atoms with van der Waals surface area (Å²) in [6, 6.07) is 6.10. The van der Waals surface area contributed by atoms with Crippen LogP contribution in [0, 0.1) is 5.92 Å². The third-order valence-electron chi connectivity index (χ3n) is 3.08. The molecule has 0 aliphatic heterocycles. The highest BCUT2D eigenvalue weighted by molar-refractivity contribution is 6.33. The molecule has 23 heavy (non-hydrogen) atoms. The Morgan fingerprint density at radius 3 is 2.57 bits per heavy atom. The zero-order chi connectivity index (χ0) is 17.2. The lowest BCUT2D eigenvalue weighted by Gasteiger charge is -2.15. The van der Waals surface area contributed by atoms with Crippen LogP contribution >= 0.6 is 11.6 Å². The van der Waals surface area contributed by atoms with Crippen LogP contribution in [-0.2, 0) is 9.53 Å². The van der Waals surface area contributed by atoms with Crippen molar-refractivity contribution in [1.82, 2.24) is 10.6 Å². The van der Waals surface area contributed by atoms with Gasteiger partial charge in [-0.15, -0.1) is 0 Å². The summed E-state index contributed by atoms with van der Waals surface area (Å²) < 4.78 is 5.44. The molecular formula is C17H25ClN2O3. The molecule has 2 amide bonds. The molecule has 0 aliphatic carbocycles. The molecule has 0 heterocycles. The minimum absolute atomic E-state index is 0.228. The van der Waals surface area contributed by atoms with Crippen molar-refractivity contribution in [3.8, 4) is 0 Å². The van der Waals surface area contributed by atoms with Crippen molar-refractivity contribution in [1.29, 1.82) is 0 Å². The zero-order valence-corrected chi connectivity index (χ0v) is 14.7. The molecule has 0 saturated heterocycles. The third-order valence-corrected chi connectivity index (χ3v) is 3.40. The van der Waals surface area contributed by atoms with E-state index in [1.165, 1.54) is 0 Å². The van der Waals surface area contributed by atoms with Gasteiger partial charge < -0.3 is 15.4 Å². The molecule has 5 nitrogen and oxygen atoms in total. The molecule has 6 heteroatoms. The van der Waals surface area contributed by atoms with Crippen LogP contribution in [0.3, 0.4) is 0 Å². The molecule has 1 aromatic rings. The summed E-state index contributed by atoms with van der Waals surface area (Å²) in [4.78, 5) is 24.0. The van der Waals surface area contributed by atoms with E-state index >= 15 is 0 Å². The maximum absolute atomic E-state index is 12.1. The number of nitrogens with one attached hydrogen (secondary N) is 2. The molecule has 128 valence electrons. The van der Waals surface area contributed by atoms with Gasteiger partial charge in [0.15, 0.2) is 0 Å². The van der Waals surface area contributed by atoms with Crippen LogP contribution in [0.5, 0.6) is 0 Å². The van der Waals surface area contributed by atoms with Crippen molar-refractivity contribution in [2.24, 2.45) is 5.92 Å². The molecule has 1 rings (SSSR count). The van der Waals surface area contributed by atoms with Crippen molar-refractivity contribution in [2.45, 2.75) is 33.2 Å². The van der Waals surface area contributed by atoms with Crippen LogP contribution in [0.1, 0.15) is 37.6 Å². The maximum atomic E-state index is 12.1. The van der Waals surface area contributed by atoms with Gasteiger partial charge in [-0.2, -0.15) is 0 Å². The lowest BCUT2D eigenvalue weighted by Crippen LogP contribution is -2.45. The van der Waals surface area contributed by atoms with Gasteiger partial charge in [0.2, 0.25) is 5.91 Å². The van der Waals surface area contributed by atoms with Crippen LogP contribution in [0.4, 0.5) is 0 Å². The van der Waals surface area contributed by atoms with Crippen molar-refractivity contribution >= 4 is 23.4 Å². The highest BCUT2D eigenvalue weighted by atomic mass is 35.5. The molecule has 1 atom stereocenters. The number of rotatable bonds is 9. The van der Waals surface area contributed by atoms with Crippen LogP contribution in [-0.4, -0.2) is 37.6 Å². The van der Waals surface area contributed by atoms with Crippen molar-refractivity contribution in [3.63, 3.8) is 0 Å². The van der Waals surface area contributed by atoms with E-state index in [2.05, 4.69) is 24.5 Å². The van der Waals surface area contributed by atoms with E-state index in [-0.39, 0.29) is 11.8 Å². The summed E-state index contributed by atoms with van der Waals surface area (Å²) in [5.74, 6) is -0.0857. The van der Waals surface area contributed by atoms with Crippen molar-refractivity contribution in [2.75, 3.05) is 19.8 Å². The first kappa shape index (κ1) is 19.5. The average molecular weight is 341 g/mol. The number of carbonyl (C=O) groups excluding carboxylic acids is 2. The smallest absolute Gasteiger partial charge is 0.253 e. The molecule has 0 unspecified atom stereocenters. The van der Waals surface area contributed by atoms with Crippen molar-refractivity contribution < 1.29 is 14.3 Å². The van der Waals surface area contributed by atoms with Gasteiger partial charge in [0.1, 0.15) is 6.04 Å². The largest absolute Gasteiger partial charge is 0.381 e. The Labute approximate surface area is 142 Å². The van der Waals surface area contributed by atoms with Gasteiger partial charge in [-0.3, -0.25) is 9.59 Å². The fourth-order valence-electron chi connectivity index (χ4n) is 1.84. The number of hydrogen-bond donors (Lipinski definition) is 2. The predicted molar refractivity (Wildman–Crippen MR) is 91.7 cm³/mol. The Balaban J connectivity index is 2.29. The first-order chi connectivity index (χ1) is 10.9. The summed E-state index contributed by atoms with van der Waals surface area (Å²) in [6.45, 7) is 7.66. The molecule has 0 bridgehead atoms. The van der Waals surface area contributed by atoms with Gasteiger partial charge in [-0.1, -0.05) is 37.6 Å². The summed E-state index contributed by atoms with van der Waals surface area (Å²) in [7, 11) is 0. The SMILES string of the molecule is CC(C)COCCCNC(=O)[C@@H](C)NC(=O)c1ccccc1Cl. The third kappa shape index (κ3) is 7.48. The number of benzene rings is 1. The van der Waals surface area contributed by atoms with Gasteiger partial charge in [0.25, 0.3) is 5.91 Å². The van der Waals surface area contributed by atoms with Crippen LogP contribution < -0.4 is 10.6 Å². The van der Waals surface area contributed by atoms with E-state index in [1.54, 1.807) is 31.2 Å². The van der Waals surface area contributed by atoms with Crippen LogP contribution in [0.15, 0.2) is 24.3 Å². The Hall–Kier alpha value is -1.59. The lowest BCUT2D eigenvalue weighted by molar-refractivity contribution is -0.122. The number of hydrogen-bond acceptors (Lipinski definition) is 3. The molecule has 0 radical (unpaired) electrons. The molecule has 1 aromatic carbocycles. The van der Waals surface area contributed by atoms with Gasteiger partial charge in [0.05, 0.1) is 10.6 Å². The van der Waals surface area contributed by atoms with E-state index in [1.807, 2.05) is 0 Å². The van der Waals surface area contributed by atoms with E-state index in [0.717, 1.165) is 13.0 Å². The summed E-state index contributed by atoms with van der Waals surface area (Å²) in [5, 5.41) is 5.77. The topological polar surface area (TPSA) is 67.4 Å². The lowest BCUT2D eigenvalue weighted by atomic mass is 10.2. The Bertz CT molecular complexity index is 520. The second-order valence-corrected chi connectivity index (χ2v) is 6.20. The summed E-state index contributed by atoms with van der Waals surface area (Å²) in [5.41, 5.74) is 0.357. The first-order valence-electron chi connectivity index (χ1n) is 7.82. The van der Waals surface area contributed by atoms with E-state index in [4.69, 9.17) is 16.3 Å². The minimum atomic E-state index is -0.629. The number of ether oxygens (including phenoxy) is 1. The van der Waals surface area contributed by atoms with Crippen molar-refractivity contribution in [3.05, 3.63) is 34.9 Å². The fourth-order valence-corrected chi connectivity index (χ4v) is 2.06. The number of carbonyl (C=O) groups is 2. The second-order valence-electron chi connectivity index (χ2n) is 5.79. The van der Waals surface area contributed by atoms with E-state index < -0.39 is 6.04 Å². The quantitative estimate of drug-likeness (QED) is 0.679. The standard InChI is InChI=1S/C17H25ClN2O3/c1-12(2)11-23-10-6-9-19-16(21)13(3)20-17(22)14-7-4-5-8-15(14)18/h4-5,7-8,12-13H,6,9-11H2,1-3H3,(H,19,21)(H,20,22)/t13-/m1/s1. The molecule has 2 N–H and O–H groups in total. The van der Waals surface area contributed by atoms with Gasteiger partial charge in [-0.25, -0.2) is 0 Å². The maximum Gasteiger partial charge on any atom is 0.253 e. The highest BCUT2D eigenvalue weighted by Crippen LogP contribution is 2.14. The second kappa shape index (κ2) is 10.2. The number of amides is 2. The molecule has 0 spiro atoms. The first-order valence-corrected chi connectivity index (χ1v) is 8.20. The fraction of sp³-hybridized carbons (Fsp3) is 0.529. The van der Waals surface area contributed by atoms with Gasteiger partial charge >= 0.3 is 0 Å². The minimum Gasteiger partial charge on any atom is -0.381 e. The molecule has 0 aromatic heterocycles. The summed E-state index contributed by atoms with van der Waals surface area (Å²) >= 11 is 5.96. The van der Waals surface area contributed by atoms with Gasteiger partial charge in [0, 0.05) is 19.8 Å². The molecule has 0 saturated carbocycles.